The number of nitrogens with zero attached hydrogens (tertiary/aromatic N) is 3. The number of likely N-dealkylation sites (tertiary alicyclic amines) is 2. The van der Waals surface area contributed by atoms with Gasteiger partial charge in [-0.05, 0) is 114 Å². The summed E-state index contributed by atoms with van der Waals surface area (Å²) < 4.78 is 33.0. The van der Waals surface area contributed by atoms with Gasteiger partial charge in [0.15, 0.2) is 0 Å². The van der Waals surface area contributed by atoms with Crippen molar-refractivity contribution in [2.45, 2.75) is 89.1 Å². The highest BCUT2D eigenvalue weighted by atomic mass is 32.2. The van der Waals surface area contributed by atoms with Gasteiger partial charge in [-0.15, -0.1) is 0 Å². The molecule has 0 aromatic heterocycles. The molecule has 2 heterocycles. The number of hydrogen-bond acceptors (Lipinski definition) is 6. The van der Waals surface area contributed by atoms with Gasteiger partial charge in [0.05, 0.1) is 12.0 Å². The molecule has 39 heavy (non-hydrogen) atoms. The maximum atomic E-state index is 13.2. The van der Waals surface area contributed by atoms with Crippen LogP contribution >= 0.6 is 0 Å². The molecular formula is C30H50N4O4S. The first kappa shape index (κ1) is 30.3. The summed E-state index contributed by atoms with van der Waals surface area (Å²) in [6.07, 6.45) is 8.40. The molecule has 1 unspecified atom stereocenters. The molecule has 9 heteroatoms. The summed E-state index contributed by atoms with van der Waals surface area (Å²) in [6, 6.07) is 4.29. The molecule has 1 aromatic rings. The number of carbonyl (C=O) groups excluding carboxylic acids is 1. The summed E-state index contributed by atoms with van der Waals surface area (Å²) in [6.45, 7) is 12.3. The second-order valence-electron chi connectivity index (χ2n) is 12.4. The van der Waals surface area contributed by atoms with E-state index >= 15 is 0 Å². The molecule has 220 valence electrons. The lowest BCUT2D eigenvalue weighted by molar-refractivity contribution is -0.122. The van der Waals surface area contributed by atoms with Gasteiger partial charge in [0.25, 0.3) is 0 Å². The zero-order chi connectivity index (χ0) is 28.2. The summed E-state index contributed by atoms with van der Waals surface area (Å²) >= 11 is 0. The van der Waals surface area contributed by atoms with Crippen molar-refractivity contribution in [3.63, 3.8) is 0 Å². The van der Waals surface area contributed by atoms with Crippen molar-refractivity contribution in [3.8, 4) is 5.75 Å². The lowest BCUT2D eigenvalue weighted by Gasteiger charge is -2.41. The number of methoxy groups -OCH3 is 1. The van der Waals surface area contributed by atoms with Crippen molar-refractivity contribution in [1.82, 2.24) is 19.4 Å². The van der Waals surface area contributed by atoms with Crippen LogP contribution in [0.4, 0.5) is 0 Å². The number of hydrogen-bond donors (Lipinski definition) is 1. The van der Waals surface area contributed by atoms with Crippen molar-refractivity contribution < 1.29 is 17.9 Å². The van der Waals surface area contributed by atoms with Crippen molar-refractivity contribution >= 4 is 15.9 Å². The Hall–Kier alpha value is -1.68. The summed E-state index contributed by atoms with van der Waals surface area (Å²) in [7, 11) is -0.582. The van der Waals surface area contributed by atoms with Gasteiger partial charge in [0, 0.05) is 45.2 Å². The lowest BCUT2D eigenvalue weighted by atomic mass is 9.87. The Kier molecular flexibility index (Phi) is 10.3. The molecule has 0 bridgehead atoms. The molecule has 1 aromatic carbocycles. The van der Waals surface area contributed by atoms with Crippen LogP contribution in [0.1, 0.15) is 69.4 Å². The van der Waals surface area contributed by atoms with Gasteiger partial charge in [-0.1, -0.05) is 6.92 Å². The maximum Gasteiger partial charge on any atom is 0.243 e. The number of piperidine rings is 1. The maximum absolute atomic E-state index is 13.2. The number of amides is 1. The third kappa shape index (κ3) is 7.75. The molecule has 1 N–H and O–H groups in total. The van der Waals surface area contributed by atoms with Crippen LogP contribution in [0.5, 0.6) is 5.75 Å². The predicted octanol–water partition coefficient (Wildman–Crippen LogP) is 3.80. The summed E-state index contributed by atoms with van der Waals surface area (Å²) in [5.41, 5.74) is 1.29. The highest BCUT2D eigenvalue weighted by Gasteiger charge is 2.31. The fraction of sp³-hybridized carbons (Fsp3) is 0.767. The molecule has 1 aliphatic carbocycles. The van der Waals surface area contributed by atoms with E-state index in [0.717, 1.165) is 37.5 Å². The smallest absolute Gasteiger partial charge is 0.243 e. The van der Waals surface area contributed by atoms with Gasteiger partial charge in [-0.25, -0.2) is 12.7 Å². The van der Waals surface area contributed by atoms with Crippen LogP contribution in [0.2, 0.25) is 0 Å². The molecule has 2 saturated heterocycles. The number of aryl methyl sites for hydroxylation is 2. The van der Waals surface area contributed by atoms with Crippen LogP contribution in [0.25, 0.3) is 0 Å². The molecule has 4 rings (SSSR count). The summed E-state index contributed by atoms with van der Waals surface area (Å²) in [5, 5.41) is 3.18. The van der Waals surface area contributed by atoms with Crippen molar-refractivity contribution in [2.75, 3.05) is 53.4 Å². The number of benzene rings is 1. The Bertz CT molecular complexity index is 1060. The standard InChI is InChI=1S/C30H50N4O4S/c1-22-10-15-33(20-22)21-25-11-16-34(17-12-25)27-8-6-26(7-9-27)31-29(35)13-14-32(4)39(36,37)30-23(2)18-28(38-5)19-24(30)3/h18-19,22,25-27H,6-17,20-21H2,1-5H3,(H,31,35). The topological polar surface area (TPSA) is 82.2 Å². The van der Waals surface area contributed by atoms with E-state index in [1.807, 2.05) is 0 Å². The Labute approximate surface area is 236 Å². The Balaban J connectivity index is 1.17. The zero-order valence-corrected chi connectivity index (χ0v) is 25.6. The van der Waals surface area contributed by atoms with E-state index in [1.54, 1.807) is 40.1 Å². The van der Waals surface area contributed by atoms with E-state index in [9.17, 15) is 13.2 Å². The molecule has 1 amide bonds. The van der Waals surface area contributed by atoms with E-state index in [0.29, 0.717) is 27.8 Å². The number of rotatable bonds is 10. The molecule has 0 spiro atoms. The first-order valence-corrected chi connectivity index (χ1v) is 16.4. The van der Waals surface area contributed by atoms with Crippen LogP contribution < -0.4 is 10.1 Å². The van der Waals surface area contributed by atoms with Crippen LogP contribution in [-0.4, -0.2) is 93.9 Å². The van der Waals surface area contributed by atoms with E-state index in [2.05, 4.69) is 22.0 Å². The number of sulfonamides is 1. The largest absolute Gasteiger partial charge is 0.497 e. The van der Waals surface area contributed by atoms with E-state index in [-0.39, 0.29) is 24.9 Å². The van der Waals surface area contributed by atoms with Crippen molar-refractivity contribution in [2.24, 2.45) is 11.8 Å². The molecule has 3 fully saturated rings. The highest BCUT2D eigenvalue weighted by molar-refractivity contribution is 7.89. The van der Waals surface area contributed by atoms with Gasteiger partial charge < -0.3 is 19.9 Å². The molecule has 2 aliphatic heterocycles. The fourth-order valence-electron chi connectivity index (χ4n) is 6.91. The fourth-order valence-corrected chi connectivity index (χ4v) is 8.49. The quantitative estimate of drug-likeness (QED) is 0.467. The number of ether oxygens (including phenoxy) is 1. The minimum atomic E-state index is -3.70. The zero-order valence-electron chi connectivity index (χ0n) is 24.7. The third-order valence-corrected chi connectivity index (χ3v) is 11.4. The Morgan fingerprint density at radius 2 is 1.67 bits per heavy atom. The summed E-state index contributed by atoms with van der Waals surface area (Å²) in [4.78, 5) is 18.4. The number of carbonyl (C=O) groups is 1. The van der Waals surface area contributed by atoms with Crippen molar-refractivity contribution in [1.29, 1.82) is 0 Å². The minimum Gasteiger partial charge on any atom is -0.497 e. The second-order valence-corrected chi connectivity index (χ2v) is 14.4. The summed E-state index contributed by atoms with van der Waals surface area (Å²) in [5.74, 6) is 2.28. The minimum absolute atomic E-state index is 0.0688. The van der Waals surface area contributed by atoms with E-state index < -0.39 is 10.0 Å². The number of nitrogens with one attached hydrogen (secondary N) is 1. The molecular weight excluding hydrogens is 512 g/mol. The van der Waals surface area contributed by atoms with Gasteiger partial charge in [-0.2, -0.15) is 0 Å². The van der Waals surface area contributed by atoms with Gasteiger partial charge in [0.1, 0.15) is 5.75 Å². The van der Waals surface area contributed by atoms with Crippen LogP contribution in [0.3, 0.4) is 0 Å². The second kappa shape index (κ2) is 13.3. The van der Waals surface area contributed by atoms with Gasteiger partial charge in [0.2, 0.25) is 15.9 Å². The first-order valence-electron chi connectivity index (χ1n) is 14.9. The molecule has 0 radical (unpaired) electrons. The van der Waals surface area contributed by atoms with Crippen LogP contribution in [-0.2, 0) is 14.8 Å². The average molecular weight is 563 g/mol. The predicted molar refractivity (Wildman–Crippen MR) is 156 cm³/mol. The highest BCUT2D eigenvalue weighted by Crippen LogP contribution is 2.30. The molecule has 1 saturated carbocycles. The third-order valence-electron chi connectivity index (χ3n) is 9.24. The monoisotopic (exact) mass is 562 g/mol. The normalized spacial score (nSPS) is 25.7. The van der Waals surface area contributed by atoms with E-state index in [1.165, 1.54) is 56.3 Å². The lowest BCUT2D eigenvalue weighted by Crippen LogP contribution is -2.47. The van der Waals surface area contributed by atoms with Gasteiger partial charge >= 0.3 is 0 Å². The molecule has 3 aliphatic rings. The SMILES string of the molecule is COc1cc(C)c(S(=O)(=O)N(C)CCC(=O)NC2CCC(N3CCC(CN4CCC(C)C4)CC3)CC2)c(C)c1. The molecule has 8 nitrogen and oxygen atoms in total. The van der Waals surface area contributed by atoms with Crippen LogP contribution in [0.15, 0.2) is 17.0 Å². The Morgan fingerprint density at radius 1 is 1.03 bits per heavy atom. The van der Waals surface area contributed by atoms with Crippen LogP contribution in [0, 0.1) is 25.7 Å². The van der Waals surface area contributed by atoms with E-state index in [4.69, 9.17) is 4.74 Å². The molecule has 1 atom stereocenters. The first-order chi connectivity index (χ1) is 18.6. The Morgan fingerprint density at radius 3 is 2.23 bits per heavy atom. The average Bonchev–Trinajstić information content (AvgIpc) is 3.31. The van der Waals surface area contributed by atoms with Crippen molar-refractivity contribution in [3.05, 3.63) is 23.3 Å². The van der Waals surface area contributed by atoms with Gasteiger partial charge in [-0.3, -0.25) is 4.79 Å².